The van der Waals surface area contributed by atoms with Crippen molar-refractivity contribution in [2.45, 2.75) is 71.1 Å². The van der Waals surface area contributed by atoms with Crippen molar-refractivity contribution in [2.75, 3.05) is 19.7 Å². The maximum atomic E-state index is 12.6. The van der Waals surface area contributed by atoms with Crippen LogP contribution in [0.1, 0.15) is 52.9 Å². The number of ketones is 1. The van der Waals surface area contributed by atoms with Gasteiger partial charge in [-0.1, -0.05) is 13.8 Å². The fraction of sp³-hybridized carbons (Fsp3) is 0.750. The molecule has 0 aromatic heterocycles. The van der Waals surface area contributed by atoms with Crippen molar-refractivity contribution >= 4 is 17.8 Å². The van der Waals surface area contributed by atoms with E-state index in [-0.39, 0.29) is 29.1 Å². The lowest BCUT2D eigenvalue weighted by Crippen LogP contribution is -2.45. The molecule has 27 heavy (non-hydrogen) atoms. The van der Waals surface area contributed by atoms with Crippen LogP contribution in [0.4, 0.5) is 0 Å². The van der Waals surface area contributed by atoms with Gasteiger partial charge < -0.3 is 25.7 Å². The maximum Gasteiger partial charge on any atom is 0.168 e. The summed E-state index contributed by atoms with van der Waals surface area (Å²) in [4.78, 5) is 28.1. The molecule has 0 aromatic rings. The average molecular weight is 380 g/mol. The van der Waals surface area contributed by atoms with Gasteiger partial charge in [0.15, 0.2) is 5.78 Å². The molecule has 1 aliphatic carbocycles. The molecule has 152 valence electrons. The van der Waals surface area contributed by atoms with Gasteiger partial charge in [-0.2, -0.15) is 0 Å². The summed E-state index contributed by atoms with van der Waals surface area (Å²) >= 11 is 0. The second-order valence-electron chi connectivity index (χ2n) is 8.39. The number of carbonyl (C=O) groups excluding carboxylic acids is 2. The number of nitrogens with one attached hydrogen (secondary N) is 1. The molecule has 1 heterocycles. The van der Waals surface area contributed by atoms with Gasteiger partial charge in [0.05, 0.1) is 30.4 Å². The van der Waals surface area contributed by atoms with Gasteiger partial charge in [-0.3, -0.25) is 9.79 Å². The maximum absolute atomic E-state index is 12.6. The zero-order valence-electron chi connectivity index (χ0n) is 16.7. The van der Waals surface area contributed by atoms with Crippen LogP contribution >= 0.6 is 0 Å². The Kier molecular flexibility index (Phi) is 7.70. The number of rotatable bonds is 8. The number of aliphatic hydroxyl groups is 1. The fourth-order valence-electron chi connectivity index (χ4n) is 3.81. The predicted octanol–water partition coefficient (Wildman–Crippen LogP) is 1.70. The number of aldehydes is 1. The summed E-state index contributed by atoms with van der Waals surface area (Å²) < 4.78 is 5.87. The molecule has 2 aliphatic rings. The highest BCUT2D eigenvalue weighted by atomic mass is 16.5. The summed E-state index contributed by atoms with van der Waals surface area (Å²) in [6, 6.07) is -0.616. The highest BCUT2D eigenvalue weighted by Gasteiger charge is 2.34. The summed E-state index contributed by atoms with van der Waals surface area (Å²) in [5.41, 5.74) is 6.37. The zero-order valence-corrected chi connectivity index (χ0v) is 16.7. The first-order valence-electron chi connectivity index (χ1n) is 9.77. The molecule has 3 unspecified atom stereocenters. The Morgan fingerprint density at radius 3 is 2.78 bits per heavy atom. The van der Waals surface area contributed by atoms with Gasteiger partial charge in [0, 0.05) is 31.6 Å². The lowest BCUT2D eigenvalue weighted by Gasteiger charge is -2.31. The van der Waals surface area contributed by atoms with Gasteiger partial charge in [0.2, 0.25) is 0 Å². The summed E-state index contributed by atoms with van der Waals surface area (Å²) in [5.74, 6) is 0.0660. The number of hydrogen-bond donors (Lipinski definition) is 3. The molecule has 0 amide bonds. The molecule has 0 aromatic carbocycles. The Hall–Kier alpha value is -1.57. The number of ether oxygens (including phenoxy) is 1. The molecule has 1 saturated heterocycles. The number of aliphatic imine (C=N–C) groups is 1. The first-order chi connectivity index (χ1) is 12.7. The van der Waals surface area contributed by atoms with Crippen molar-refractivity contribution in [1.82, 2.24) is 5.32 Å². The number of morpholine rings is 1. The van der Waals surface area contributed by atoms with Crippen LogP contribution in [0.15, 0.2) is 16.3 Å². The lowest BCUT2D eigenvalue weighted by atomic mass is 9.75. The minimum absolute atomic E-state index is 0.0607. The van der Waals surface area contributed by atoms with Crippen LogP contribution in [0.2, 0.25) is 0 Å². The predicted molar refractivity (Wildman–Crippen MR) is 105 cm³/mol. The molecule has 0 radical (unpaired) electrons. The van der Waals surface area contributed by atoms with E-state index in [0.717, 1.165) is 19.3 Å². The second-order valence-corrected chi connectivity index (χ2v) is 8.39. The second kappa shape index (κ2) is 9.57. The van der Waals surface area contributed by atoms with E-state index < -0.39 is 6.04 Å². The quantitative estimate of drug-likeness (QED) is 0.437. The van der Waals surface area contributed by atoms with Gasteiger partial charge in [-0.15, -0.1) is 0 Å². The lowest BCUT2D eigenvalue weighted by molar-refractivity contribution is -0.118. The van der Waals surface area contributed by atoms with E-state index in [9.17, 15) is 14.7 Å². The van der Waals surface area contributed by atoms with Gasteiger partial charge in [-0.05, 0) is 31.6 Å². The number of hydrogen-bond acceptors (Lipinski definition) is 7. The Labute approximate surface area is 161 Å². The summed E-state index contributed by atoms with van der Waals surface area (Å²) in [5, 5.41) is 13.7. The van der Waals surface area contributed by atoms with Crippen LogP contribution in [0.3, 0.4) is 0 Å². The van der Waals surface area contributed by atoms with Gasteiger partial charge in [0.25, 0.3) is 0 Å². The van der Waals surface area contributed by atoms with Crippen LogP contribution in [0.5, 0.6) is 0 Å². The molecule has 7 heteroatoms. The molecule has 4 N–H and O–H groups in total. The van der Waals surface area contributed by atoms with Crippen LogP contribution in [-0.4, -0.2) is 60.8 Å². The van der Waals surface area contributed by atoms with Gasteiger partial charge >= 0.3 is 0 Å². The zero-order chi connectivity index (χ0) is 20.0. The summed E-state index contributed by atoms with van der Waals surface area (Å²) in [7, 11) is 0. The number of nitrogens with two attached hydrogens (primary N) is 1. The summed E-state index contributed by atoms with van der Waals surface area (Å²) in [6.07, 6.45) is 3.58. The number of allylic oxidation sites excluding steroid dienone is 2. The normalized spacial score (nSPS) is 26.0. The highest BCUT2D eigenvalue weighted by molar-refractivity contribution is 6.22. The third kappa shape index (κ3) is 6.23. The SMILES string of the molecule is CC(=NC(CCCC(N)C=O)C1CNCCO1)C1=C(O)CC(C)(C)CC1=O. The molecule has 7 nitrogen and oxygen atoms in total. The van der Waals surface area contributed by atoms with E-state index in [1.807, 2.05) is 13.8 Å². The smallest absolute Gasteiger partial charge is 0.168 e. The molecule has 0 bridgehead atoms. The van der Waals surface area contributed by atoms with Crippen molar-refractivity contribution in [3.8, 4) is 0 Å². The molecule has 1 aliphatic heterocycles. The van der Waals surface area contributed by atoms with E-state index in [1.54, 1.807) is 6.92 Å². The van der Waals surface area contributed by atoms with Gasteiger partial charge in [0.1, 0.15) is 12.0 Å². The van der Waals surface area contributed by atoms with Crippen LogP contribution in [0, 0.1) is 5.41 Å². The largest absolute Gasteiger partial charge is 0.511 e. The number of aliphatic hydroxyl groups excluding tert-OH is 1. The average Bonchev–Trinajstić information content (AvgIpc) is 2.59. The minimum atomic E-state index is -0.463. The Bertz CT molecular complexity index is 606. The molecule has 3 atom stereocenters. The fourth-order valence-corrected chi connectivity index (χ4v) is 3.81. The number of nitrogens with zero attached hydrogens (tertiary/aromatic N) is 1. The van der Waals surface area contributed by atoms with E-state index in [1.165, 1.54) is 0 Å². The van der Waals surface area contributed by atoms with E-state index in [0.29, 0.717) is 50.1 Å². The third-order valence-corrected chi connectivity index (χ3v) is 5.17. The topological polar surface area (TPSA) is 114 Å². The Morgan fingerprint density at radius 2 is 2.19 bits per heavy atom. The van der Waals surface area contributed by atoms with Crippen molar-refractivity contribution in [1.29, 1.82) is 0 Å². The van der Waals surface area contributed by atoms with Crippen LogP contribution < -0.4 is 11.1 Å². The van der Waals surface area contributed by atoms with Crippen molar-refractivity contribution < 1.29 is 19.4 Å². The van der Waals surface area contributed by atoms with Crippen molar-refractivity contribution in [3.05, 3.63) is 11.3 Å². The molecule has 0 spiro atoms. The first-order valence-corrected chi connectivity index (χ1v) is 9.77. The van der Waals surface area contributed by atoms with Crippen molar-refractivity contribution in [3.63, 3.8) is 0 Å². The number of carbonyl (C=O) groups is 2. The highest BCUT2D eigenvalue weighted by Crippen LogP contribution is 2.36. The van der Waals surface area contributed by atoms with Gasteiger partial charge in [-0.25, -0.2) is 0 Å². The number of Topliss-reactive ketones (excluding diaryl/α,β-unsaturated/α-hetero) is 1. The van der Waals surface area contributed by atoms with E-state index >= 15 is 0 Å². The molecular weight excluding hydrogens is 346 g/mol. The molecule has 0 saturated carbocycles. The Morgan fingerprint density at radius 1 is 1.44 bits per heavy atom. The summed E-state index contributed by atoms with van der Waals surface area (Å²) in [6.45, 7) is 7.84. The monoisotopic (exact) mass is 379 g/mol. The van der Waals surface area contributed by atoms with Crippen LogP contribution in [-0.2, 0) is 14.3 Å². The van der Waals surface area contributed by atoms with E-state index in [4.69, 9.17) is 15.5 Å². The molecular formula is C20H33N3O4. The third-order valence-electron chi connectivity index (χ3n) is 5.17. The standard InChI is InChI=1S/C20H33N3O4/c1-13(19-16(25)9-20(2,3)10-17(19)26)23-15(6-4-5-14(21)12-24)18-11-22-7-8-27-18/h12,14-15,18,22,25H,4-11,21H2,1-3H3. The Balaban J connectivity index is 2.18. The first kappa shape index (κ1) is 21.7. The molecule has 2 rings (SSSR count). The van der Waals surface area contributed by atoms with E-state index in [2.05, 4.69) is 5.32 Å². The minimum Gasteiger partial charge on any atom is -0.511 e. The van der Waals surface area contributed by atoms with Crippen LogP contribution in [0.25, 0.3) is 0 Å². The van der Waals surface area contributed by atoms with Crippen molar-refractivity contribution in [2.24, 2.45) is 16.1 Å². The molecule has 1 fully saturated rings.